The Hall–Kier alpha value is -2.89. The molecule has 5 nitrogen and oxygen atoms in total. The summed E-state index contributed by atoms with van der Waals surface area (Å²) >= 11 is 0. The van der Waals surface area contributed by atoms with Gasteiger partial charge in [-0.15, -0.1) is 0 Å². The van der Waals surface area contributed by atoms with Gasteiger partial charge >= 0.3 is 5.97 Å². The molecule has 1 amide bonds. The van der Waals surface area contributed by atoms with E-state index >= 15 is 0 Å². The molecule has 0 spiro atoms. The van der Waals surface area contributed by atoms with E-state index in [0.717, 1.165) is 12.0 Å². The molecule has 1 N–H and O–H groups in total. The van der Waals surface area contributed by atoms with Crippen molar-refractivity contribution < 1.29 is 23.8 Å². The SMILES string of the molecule is COc1cc(C(=O)O)cc(C(=O)N2CC[C@H]2c2ccc(F)cc2)c1. The second kappa shape index (κ2) is 6.31. The van der Waals surface area contributed by atoms with Gasteiger partial charge in [-0.2, -0.15) is 0 Å². The Labute approximate surface area is 138 Å². The summed E-state index contributed by atoms with van der Waals surface area (Å²) in [6.45, 7) is 0.570. The first-order valence-electron chi connectivity index (χ1n) is 7.48. The Morgan fingerprint density at radius 3 is 2.38 bits per heavy atom. The number of methoxy groups -OCH3 is 1. The zero-order valence-electron chi connectivity index (χ0n) is 13.0. The van der Waals surface area contributed by atoms with Gasteiger partial charge in [-0.1, -0.05) is 12.1 Å². The van der Waals surface area contributed by atoms with Crippen LogP contribution in [0.2, 0.25) is 0 Å². The molecule has 0 radical (unpaired) electrons. The summed E-state index contributed by atoms with van der Waals surface area (Å²) in [6, 6.07) is 10.2. The van der Waals surface area contributed by atoms with Gasteiger partial charge < -0.3 is 14.7 Å². The normalized spacial score (nSPS) is 16.4. The van der Waals surface area contributed by atoms with Gasteiger partial charge in [0.05, 0.1) is 18.7 Å². The van der Waals surface area contributed by atoms with E-state index in [9.17, 15) is 14.0 Å². The van der Waals surface area contributed by atoms with Crippen LogP contribution in [0.25, 0.3) is 0 Å². The van der Waals surface area contributed by atoms with E-state index in [1.807, 2.05) is 0 Å². The van der Waals surface area contributed by atoms with Crippen molar-refractivity contribution in [1.82, 2.24) is 4.90 Å². The molecular formula is C18H16FNO4. The molecule has 1 atom stereocenters. The fraction of sp³-hybridized carbons (Fsp3) is 0.222. The number of rotatable bonds is 4. The van der Waals surface area contributed by atoms with Gasteiger partial charge in [-0.3, -0.25) is 4.79 Å². The van der Waals surface area contributed by atoms with Crippen LogP contribution in [0.15, 0.2) is 42.5 Å². The number of carboxylic acids is 1. The number of halogens is 1. The minimum atomic E-state index is -1.12. The summed E-state index contributed by atoms with van der Waals surface area (Å²) in [5.41, 5.74) is 1.12. The largest absolute Gasteiger partial charge is 0.497 e. The van der Waals surface area contributed by atoms with Crippen LogP contribution in [-0.2, 0) is 0 Å². The Morgan fingerprint density at radius 2 is 1.83 bits per heavy atom. The number of aromatic carboxylic acids is 1. The van der Waals surface area contributed by atoms with Crippen molar-refractivity contribution in [3.63, 3.8) is 0 Å². The van der Waals surface area contributed by atoms with Crippen LogP contribution >= 0.6 is 0 Å². The Balaban J connectivity index is 1.87. The van der Waals surface area contributed by atoms with E-state index < -0.39 is 5.97 Å². The van der Waals surface area contributed by atoms with Gasteiger partial charge in [-0.25, -0.2) is 9.18 Å². The van der Waals surface area contributed by atoms with E-state index in [1.165, 1.54) is 37.4 Å². The average Bonchev–Trinajstić information content (AvgIpc) is 2.55. The minimum Gasteiger partial charge on any atom is -0.497 e. The van der Waals surface area contributed by atoms with Crippen molar-refractivity contribution >= 4 is 11.9 Å². The number of benzene rings is 2. The lowest BCUT2D eigenvalue weighted by atomic mass is 9.93. The molecule has 2 aromatic carbocycles. The van der Waals surface area contributed by atoms with Crippen molar-refractivity contribution in [2.75, 3.05) is 13.7 Å². The first-order chi connectivity index (χ1) is 11.5. The molecule has 1 heterocycles. The monoisotopic (exact) mass is 329 g/mol. The predicted molar refractivity (Wildman–Crippen MR) is 84.7 cm³/mol. The van der Waals surface area contributed by atoms with E-state index in [1.54, 1.807) is 17.0 Å². The summed E-state index contributed by atoms with van der Waals surface area (Å²) in [5, 5.41) is 9.16. The number of hydrogen-bond acceptors (Lipinski definition) is 3. The van der Waals surface area contributed by atoms with Gasteiger partial charge in [0.1, 0.15) is 11.6 Å². The number of carbonyl (C=O) groups excluding carboxylic acids is 1. The molecule has 24 heavy (non-hydrogen) atoms. The summed E-state index contributed by atoms with van der Waals surface area (Å²) in [7, 11) is 1.42. The molecule has 0 unspecified atom stereocenters. The number of carbonyl (C=O) groups is 2. The van der Waals surface area contributed by atoms with Crippen molar-refractivity contribution in [3.05, 3.63) is 65.0 Å². The lowest BCUT2D eigenvalue weighted by Crippen LogP contribution is -2.45. The number of amides is 1. The maximum atomic E-state index is 13.0. The van der Waals surface area contributed by atoms with Crippen LogP contribution in [0.1, 0.15) is 38.7 Å². The molecule has 1 saturated heterocycles. The molecule has 1 fully saturated rings. The molecule has 3 rings (SSSR count). The predicted octanol–water partition coefficient (Wildman–Crippen LogP) is 3.12. The maximum Gasteiger partial charge on any atom is 0.335 e. The first-order valence-corrected chi connectivity index (χ1v) is 7.48. The van der Waals surface area contributed by atoms with E-state index in [4.69, 9.17) is 9.84 Å². The van der Waals surface area contributed by atoms with Crippen LogP contribution in [0.4, 0.5) is 4.39 Å². The number of carboxylic acid groups (broad SMARTS) is 1. The molecule has 0 aromatic heterocycles. The highest BCUT2D eigenvalue weighted by Crippen LogP contribution is 2.35. The van der Waals surface area contributed by atoms with Gasteiger partial charge in [0.2, 0.25) is 0 Å². The fourth-order valence-electron chi connectivity index (χ4n) is 2.79. The maximum absolute atomic E-state index is 13.0. The van der Waals surface area contributed by atoms with E-state index in [2.05, 4.69) is 0 Å². The zero-order chi connectivity index (χ0) is 17.3. The molecule has 0 aliphatic carbocycles. The Kier molecular flexibility index (Phi) is 4.20. The van der Waals surface area contributed by atoms with Gasteiger partial charge in [-0.05, 0) is 42.3 Å². The van der Waals surface area contributed by atoms with Crippen molar-refractivity contribution in [3.8, 4) is 5.75 Å². The fourth-order valence-corrected chi connectivity index (χ4v) is 2.79. The highest BCUT2D eigenvalue weighted by atomic mass is 19.1. The Morgan fingerprint density at radius 1 is 1.17 bits per heavy atom. The molecule has 1 aliphatic rings. The highest BCUT2D eigenvalue weighted by Gasteiger charge is 2.34. The summed E-state index contributed by atoms with van der Waals surface area (Å²) in [5.74, 6) is -1.40. The number of hydrogen-bond donors (Lipinski definition) is 1. The third kappa shape index (κ3) is 2.95. The molecule has 0 saturated carbocycles. The summed E-state index contributed by atoms with van der Waals surface area (Å²) < 4.78 is 18.1. The lowest BCUT2D eigenvalue weighted by molar-refractivity contribution is 0.0460. The summed E-state index contributed by atoms with van der Waals surface area (Å²) in [4.78, 5) is 25.6. The number of nitrogens with zero attached hydrogens (tertiary/aromatic N) is 1. The standard InChI is InChI=1S/C18H16FNO4/c1-24-15-9-12(8-13(10-15)18(22)23)17(21)20-7-6-16(20)11-2-4-14(19)5-3-11/h2-5,8-10,16H,6-7H2,1H3,(H,22,23)/t16-/m0/s1. The van der Waals surface area contributed by atoms with Crippen LogP contribution in [0.3, 0.4) is 0 Å². The van der Waals surface area contributed by atoms with Crippen LogP contribution < -0.4 is 4.74 Å². The molecule has 1 aliphatic heterocycles. The number of ether oxygens (including phenoxy) is 1. The van der Waals surface area contributed by atoms with Crippen molar-refractivity contribution in [2.45, 2.75) is 12.5 Å². The second-order valence-corrected chi connectivity index (χ2v) is 5.61. The zero-order valence-corrected chi connectivity index (χ0v) is 13.0. The molecule has 0 bridgehead atoms. The van der Waals surface area contributed by atoms with E-state index in [0.29, 0.717) is 12.3 Å². The van der Waals surface area contributed by atoms with Crippen LogP contribution in [0.5, 0.6) is 5.75 Å². The highest BCUT2D eigenvalue weighted by molar-refractivity contribution is 5.98. The van der Waals surface area contributed by atoms with Crippen LogP contribution in [0, 0.1) is 5.82 Å². The van der Waals surface area contributed by atoms with Crippen molar-refractivity contribution in [2.24, 2.45) is 0 Å². The third-order valence-corrected chi connectivity index (χ3v) is 4.17. The Bertz CT molecular complexity index is 788. The quantitative estimate of drug-likeness (QED) is 0.936. The second-order valence-electron chi connectivity index (χ2n) is 5.61. The average molecular weight is 329 g/mol. The first kappa shape index (κ1) is 16.0. The van der Waals surface area contributed by atoms with Gasteiger partial charge in [0.25, 0.3) is 5.91 Å². The third-order valence-electron chi connectivity index (χ3n) is 4.17. The molecular weight excluding hydrogens is 313 g/mol. The summed E-state index contributed by atoms with van der Waals surface area (Å²) in [6.07, 6.45) is 0.785. The van der Waals surface area contributed by atoms with Crippen molar-refractivity contribution in [1.29, 1.82) is 0 Å². The van der Waals surface area contributed by atoms with E-state index in [-0.39, 0.29) is 28.9 Å². The molecule has 2 aromatic rings. The topological polar surface area (TPSA) is 66.8 Å². The molecule has 124 valence electrons. The molecule has 6 heteroatoms. The smallest absolute Gasteiger partial charge is 0.335 e. The van der Waals surface area contributed by atoms with Crippen LogP contribution in [-0.4, -0.2) is 35.5 Å². The van der Waals surface area contributed by atoms with Gasteiger partial charge in [0, 0.05) is 12.1 Å². The number of likely N-dealkylation sites (tertiary alicyclic amines) is 1. The van der Waals surface area contributed by atoms with Gasteiger partial charge in [0.15, 0.2) is 0 Å². The minimum absolute atomic E-state index is 0.00319. The lowest BCUT2D eigenvalue weighted by Gasteiger charge is -2.41.